The third-order valence-corrected chi connectivity index (χ3v) is 7.26. The van der Waals surface area contributed by atoms with Crippen molar-refractivity contribution >= 4 is 11.6 Å². The number of imidazole rings is 1. The maximum Gasteiger partial charge on any atom is 0.416 e. The fourth-order valence-electron chi connectivity index (χ4n) is 5.23. The van der Waals surface area contributed by atoms with Crippen molar-refractivity contribution < 1.29 is 18.0 Å². The normalized spacial score (nSPS) is 16.0. The first-order valence-corrected chi connectivity index (χ1v) is 12.9. The molecule has 1 N–H and O–H groups in total. The summed E-state index contributed by atoms with van der Waals surface area (Å²) in [6, 6.07) is 19.4. The van der Waals surface area contributed by atoms with Crippen LogP contribution < -0.4 is 5.32 Å². The number of likely N-dealkylation sites (tertiary alicyclic amines) is 1. The Balaban J connectivity index is 1.31. The summed E-state index contributed by atoms with van der Waals surface area (Å²) in [5.74, 6) is -0.746. The van der Waals surface area contributed by atoms with Crippen LogP contribution in [0.4, 0.5) is 13.2 Å². The van der Waals surface area contributed by atoms with Crippen LogP contribution >= 0.6 is 0 Å². The molecule has 1 fully saturated rings. The summed E-state index contributed by atoms with van der Waals surface area (Å²) in [5, 5.41) is 3.15. The molecule has 38 heavy (non-hydrogen) atoms. The number of aryl methyl sites for hydroxylation is 1. The predicted octanol–water partition coefficient (Wildman–Crippen LogP) is 5.96. The van der Waals surface area contributed by atoms with E-state index < -0.39 is 17.7 Å². The molecule has 3 heterocycles. The molecule has 1 aliphatic rings. The molecule has 0 radical (unpaired) electrons. The SMILES string of the molecule is Cc1ccn2c(C(CC(=O)NC3CCN(Cc4ccccc4)CC3)c3cccc(C(F)(F)F)c3)cnc2c1. The fourth-order valence-corrected chi connectivity index (χ4v) is 5.23. The molecule has 2 aromatic heterocycles. The Kier molecular flexibility index (Phi) is 7.51. The van der Waals surface area contributed by atoms with Gasteiger partial charge < -0.3 is 9.72 Å². The number of nitrogens with zero attached hydrogens (tertiary/aromatic N) is 3. The number of aromatic nitrogens is 2. The summed E-state index contributed by atoms with van der Waals surface area (Å²) in [7, 11) is 0. The Bertz CT molecular complexity index is 1390. The van der Waals surface area contributed by atoms with E-state index in [0.717, 1.165) is 50.2 Å². The molecular weight excluding hydrogens is 489 g/mol. The average molecular weight is 521 g/mol. The molecule has 5 nitrogen and oxygen atoms in total. The van der Waals surface area contributed by atoms with Gasteiger partial charge in [-0.3, -0.25) is 9.69 Å². The molecule has 0 bridgehead atoms. The van der Waals surface area contributed by atoms with Crippen LogP contribution in [0.3, 0.4) is 0 Å². The third-order valence-electron chi connectivity index (χ3n) is 7.26. The quantitative estimate of drug-likeness (QED) is 0.327. The Labute approximate surface area is 220 Å². The highest BCUT2D eigenvalue weighted by Crippen LogP contribution is 2.34. The fraction of sp³-hybridized carbons (Fsp3) is 0.333. The van der Waals surface area contributed by atoms with Crippen LogP contribution in [0.15, 0.2) is 79.1 Å². The highest BCUT2D eigenvalue weighted by molar-refractivity contribution is 5.78. The summed E-state index contributed by atoms with van der Waals surface area (Å²) in [4.78, 5) is 20.1. The predicted molar refractivity (Wildman–Crippen MR) is 141 cm³/mol. The van der Waals surface area contributed by atoms with Crippen LogP contribution in [-0.4, -0.2) is 39.3 Å². The van der Waals surface area contributed by atoms with Crippen molar-refractivity contribution in [2.24, 2.45) is 0 Å². The van der Waals surface area contributed by atoms with Crippen molar-refractivity contribution in [2.45, 2.75) is 50.9 Å². The molecule has 1 atom stereocenters. The van der Waals surface area contributed by atoms with E-state index >= 15 is 0 Å². The molecule has 5 rings (SSSR count). The Morgan fingerprint density at radius 3 is 2.55 bits per heavy atom. The van der Waals surface area contributed by atoms with Gasteiger partial charge in [-0.1, -0.05) is 48.5 Å². The number of fused-ring (bicyclic) bond motifs is 1. The Morgan fingerprint density at radius 2 is 1.82 bits per heavy atom. The number of pyridine rings is 1. The molecule has 1 saturated heterocycles. The summed E-state index contributed by atoms with van der Waals surface area (Å²) < 4.78 is 42.4. The van der Waals surface area contributed by atoms with Crippen LogP contribution in [0, 0.1) is 6.92 Å². The van der Waals surface area contributed by atoms with Gasteiger partial charge in [0.1, 0.15) is 5.65 Å². The molecule has 198 valence electrons. The number of nitrogens with one attached hydrogen (secondary N) is 1. The van der Waals surface area contributed by atoms with Gasteiger partial charge in [-0.15, -0.1) is 0 Å². The lowest BCUT2D eigenvalue weighted by atomic mass is 9.90. The van der Waals surface area contributed by atoms with Gasteiger partial charge >= 0.3 is 6.18 Å². The zero-order chi connectivity index (χ0) is 26.7. The molecule has 1 unspecified atom stereocenters. The molecule has 2 aromatic carbocycles. The van der Waals surface area contributed by atoms with E-state index in [1.807, 2.05) is 47.9 Å². The maximum absolute atomic E-state index is 13.5. The number of hydrogen-bond donors (Lipinski definition) is 1. The second kappa shape index (κ2) is 11.0. The van der Waals surface area contributed by atoms with Crippen LogP contribution in [0.2, 0.25) is 0 Å². The Hall–Kier alpha value is -3.65. The van der Waals surface area contributed by atoms with Crippen molar-refractivity contribution in [3.8, 4) is 0 Å². The van der Waals surface area contributed by atoms with Gasteiger partial charge in [0.2, 0.25) is 5.91 Å². The molecule has 0 saturated carbocycles. The Morgan fingerprint density at radius 1 is 1.05 bits per heavy atom. The number of alkyl halides is 3. The monoisotopic (exact) mass is 520 g/mol. The lowest BCUT2D eigenvalue weighted by Crippen LogP contribution is -2.44. The summed E-state index contributed by atoms with van der Waals surface area (Å²) in [5.41, 5.74) is 3.39. The highest BCUT2D eigenvalue weighted by atomic mass is 19.4. The zero-order valence-electron chi connectivity index (χ0n) is 21.3. The van der Waals surface area contributed by atoms with Gasteiger partial charge in [-0.25, -0.2) is 4.98 Å². The minimum atomic E-state index is -4.47. The topological polar surface area (TPSA) is 49.6 Å². The number of amides is 1. The first kappa shape index (κ1) is 26.0. The van der Waals surface area contributed by atoms with E-state index in [-0.39, 0.29) is 18.4 Å². The number of carbonyl (C=O) groups excluding carboxylic acids is 1. The lowest BCUT2D eigenvalue weighted by molar-refractivity contribution is -0.137. The molecule has 8 heteroatoms. The standard InChI is InChI=1S/C30H31F3N4O/c1-21-10-15-37-27(19-34-28(37)16-21)26(23-8-5-9-24(17-23)30(31,32)33)18-29(38)35-25-11-13-36(14-12-25)20-22-6-3-2-4-7-22/h2-10,15-17,19,25-26H,11-14,18,20H2,1H3,(H,35,38). The number of rotatable bonds is 7. The molecular formula is C30H31F3N4O. The van der Waals surface area contributed by atoms with Crippen LogP contribution in [0.25, 0.3) is 5.65 Å². The van der Waals surface area contributed by atoms with Gasteiger partial charge in [-0.05, 0) is 54.7 Å². The van der Waals surface area contributed by atoms with E-state index in [0.29, 0.717) is 16.9 Å². The minimum Gasteiger partial charge on any atom is -0.353 e. The van der Waals surface area contributed by atoms with Crippen molar-refractivity contribution in [1.29, 1.82) is 0 Å². The first-order chi connectivity index (χ1) is 18.3. The molecule has 0 aliphatic carbocycles. The number of carbonyl (C=O) groups is 1. The zero-order valence-corrected chi connectivity index (χ0v) is 21.3. The molecule has 0 spiro atoms. The summed E-state index contributed by atoms with van der Waals surface area (Å²) >= 11 is 0. The van der Waals surface area contributed by atoms with Gasteiger partial charge in [0.15, 0.2) is 0 Å². The van der Waals surface area contributed by atoms with Crippen molar-refractivity contribution in [2.75, 3.05) is 13.1 Å². The smallest absolute Gasteiger partial charge is 0.353 e. The maximum atomic E-state index is 13.5. The largest absolute Gasteiger partial charge is 0.416 e. The number of halogens is 3. The van der Waals surface area contributed by atoms with Gasteiger partial charge in [0.05, 0.1) is 11.3 Å². The van der Waals surface area contributed by atoms with Crippen LogP contribution in [0.5, 0.6) is 0 Å². The van der Waals surface area contributed by atoms with Crippen LogP contribution in [-0.2, 0) is 17.5 Å². The number of hydrogen-bond acceptors (Lipinski definition) is 3. The van der Waals surface area contributed by atoms with Gasteiger partial charge in [-0.2, -0.15) is 13.2 Å². The third kappa shape index (κ3) is 6.07. The number of benzene rings is 2. The second-order valence-corrected chi connectivity index (χ2v) is 10.1. The first-order valence-electron chi connectivity index (χ1n) is 12.9. The molecule has 1 amide bonds. The second-order valence-electron chi connectivity index (χ2n) is 10.1. The molecule has 4 aromatic rings. The van der Waals surface area contributed by atoms with E-state index in [9.17, 15) is 18.0 Å². The van der Waals surface area contributed by atoms with Crippen LogP contribution in [0.1, 0.15) is 53.1 Å². The van der Waals surface area contributed by atoms with E-state index in [1.165, 1.54) is 11.6 Å². The molecule has 1 aliphatic heterocycles. The van der Waals surface area contributed by atoms with E-state index in [2.05, 4.69) is 27.3 Å². The van der Waals surface area contributed by atoms with E-state index in [4.69, 9.17) is 0 Å². The average Bonchev–Trinajstić information content (AvgIpc) is 3.31. The van der Waals surface area contributed by atoms with E-state index in [1.54, 1.807) is 12.3 Å². The summed E-state index contributed by atoms with van der Waals surface area (Å²) in [6.07, 6.45) is 0.757. The van der Waals surface area contributed by atoms with Crippen molar-refractivity contribution in [1.82, 2.24) is 19.6 Å². The van der Waals surface area contributed by atoms with Crippen molar-refractivity contribution in [3.63, 3.8) is 0 Å². The minimum absolute atomic E-state index is 0.0349. The summed E-state index contributed by atoms with van der Waals surface area (Å²) in [6.45, 7) is 4.59. The van der Waals surface area contributed by atoms with Gasteiger partial charge in [0, 0.05) is 50.4 Å². The van der Waals surface area contributed by atoms with Gasteiger partial charge in [0.25, 0.3) is 0 Å². The number of piperidine rings is 1. The lowest BCUT2D eigenvalue weighted by Gasteiger charge is -2.32. The highest BCUT2D eigenvalue weighted by Gasteiger charge is 2.32. The van der Waals surface area contributed by atoms with Crippen molar-refractivity contribution in [3.05, 3.63) is 107 Å².